The number of anilines is 1. The Morgan fingerprint density at radius 1 is 1.11 bits per heavy atom. The number of hydrogen-bond acceptors (Lipinski definition) is 6. The minimum Gasteiger partial charge on any atom is -0.822 e. The lowest BCUT2D eigenvalue weighted by atomic mass is 9.82. The first-order chi connectivity index (χ1) is 12.9. The van der Waals surface area contributed by atoms with Gasteiger partial charge in [-0.1, -0.05) is 35.9 Å². The van der Waals surface area contributed by atoms with Crippen LogP contribution in [0.5, 0.6) is 0 Å². The minimum absolute atomic E-state index is 0. The van der Waals surface area contributed by atoms with Crippen LogP contribution in [0.4, 0.5) is 11.4 Å². The molecule has 0 atom stereocenters. The SMILES string of the molecule is Cc1ccc(N(C)N=CC2=[N+](C)c3ccccc3C2(C)C)cc1.O=P([O-])([O-])[O-].[H+].[H+]. The Balaban J connectivity index is 0.00000108. The van der Waals surface area contributed by atoms with Gasteiger partial charge in [-0.15, -0.1) is 0 Å². The van der Waals surface area contributed by atoms with Gasteiger partial charge in [0.05, 0.1) is 11.1 Å². The van der Waals surface area contributed by atoms with E-state index in [1.807, 2.05) is 18.3 Å². The van der Waals surface area contributed by atoms with E-state index in [0.717, 1.165) is 5.69 Å². The number of phosphoric acid groups is 1. The number of para-hydroxylation sites is 1. The van der Waals surface area contributed by atoms with Crippen molar-refractivity contribution in [1.82, 2.24) is 0 Å². The largest absolute Gasteiger partial charge is 1.00 e. The maximum Gasteiger partial charge on any atom is 1.00 e. The first kappa shape index (κ1) is 22.0. The van der Waals surface area contributed by atoms with Gasteiger partial charge >= 0.3 is 2.85 Å². The van der Waals surface area contributed by atoms with E-state index in [1.165, 1.54) is 22.5 Å². The Morgan fingerprint density at radius 3 is 2.18 bits per heavy atom. The smallest absolute Gasteiger partial charge is 0.822 e. The van der Waals surface area contributed by atoms with Crippen LogP contribution in [-0.4, -0.2) is 30.6 Å². The summed E-state index contributed by atoms with van der Waals surface area (Å²) in [5, 5.41) is 6.58. The van der Waals surface area contributed by atoms with Crippen LogP contribution < -0.4 is 19.7 Å². The summed E-state index contributed by atoms with van der Waals surface area (Å²) in [6, 6.07) is 17.0. The molecule has 28 heavy (non-hydrogen) atoms. The summed E-state index contributed by atoms with van der Waals surface area (Å²) in [5.41, 5.74) is 6.12. The Bertz CT molecular complexity index is 949. The van der Waals surface area contributed by atoms with E-state index in [0.29, 0.717) is 0 Å². The fourth-order valence-corrected chi connectivity index (χ4v) is 3.20. The zero-order valence-electron chi connectivity index (χ0n) is 18.6. The molecule has 0 fully saturated rings. The molecule has 0 radical (unpaired) electrons. The summed E-state index contributed by atoms with van der Waals surface area (Å²) < 4.78 is 10.8. The molecule has 0 bridgehead atoms. The van der Waals surface area contributed by atoms with Crippen LogP contribution >= 0.6 is 7.82 Å². The van der Waals surface area contributed by atoms with Crippen LogP contribution in [0.3, 0.4) is 0 Å². The first-order valence-electron chi connectivity index (χ1n) is 8.69. The van der Waals surface area contributed by atoms with Gasteiger partial charge in [0.2, 0.25) is 11.4 Å². The van der Waals surface area contributed by atoms with Gasteiger partial charge in [0.25, 0.3) is 0 Å². The highest BCUT2D eigenvalue weighted by Gasteiger charge is 2.43. The molecule has 1 aliphatic rings. The lowest BCUT2D eigenvalue weighted by molar-refractivity contribution is -0.432. The maximum absolute atomic E-state index is 8.55. The average Bonchev–Trinajstić information content (AvgIpc) is 2.79. The van der Waals surface area contributed by atoms with Crippen molar-refractivity contribution < 1.29 is 26.7 Å². The molecule has 0 amide bonds. The average molecular weight is 403 g/mol. The van der Waals surface area contributed by atoms with Crippen molar-refractivity contribution in [2.24, 2.45) is 5.10 Å². The quantitative estimate of drug-likeness (QED) is 0.334. The first-order valence-corrected chi connectivity index (χ1v) is 10.2. The summed E-state index contributed by atoms with van der Waals surface area (Å²) in [4.78, 5) is 25.6. The van der Waals surface area contributed by atoms with Gasteiger partial charge in [-0.2, -0.15) is 17.5 Å². The fraction of sp³-hybridized carbons (Fsp3) is 0.300. The summed E-state index contributed by atoms with van der Waals surface area (Å²) >= 11 is 0. The predicted molar refractivity (Wildman–Crippen MR) is 108 cm³/mol. The molecule has 0 N–H and O–H groups in total. The number of rotatable bonds is 3. The summed E-state index contributed by atoms with van der Waals surface area (Å²) in [6.45, 7) is 6.60. The van der Waals surface area contributed by atoms with E-state index in [-0.39, 0.29) is 8.27 Å². The fourth-order valence-electron chi connectivity index (χ4n) is 3.20. The molecule has 150 valence electrons. The van der Waals surface area contributed by atoms with E-state index in [4.69, 9.17) is 19.2 Å². The second-order valence-electron chi connectivity index (χ2n) is 7.14. The van der Waals surface area contributed by atoms with Crippen LogP contribution in [0.15, 0.2) is 53.6 Å². The molecule has 0 aromatic heterocycles. The molecular weight excluding hydrogens is 377 g/mol. The van der Waals surface area contributed by atoms with Crippen LogP contribution in [0.1, 0.15) is 27.8 Å². The van der Waals surface area contributed by atoms with Crippen molar-refractivity contribution in [3.8, 4) is 0 Å². The van der Waals surface area contributed by atoms with E-state index in [9.17, 15) is 0 Å². The highest BCUT2D eigenvalue weighted by atomic mass is 31.2. The molecule has 8 heteroatoms. The zero-order valence-corrected chi connectivity index (χ0v) is 17.5. The summed E-state index contributed by atoms with van der Waals surface area (Å²) in [6.07, 6.45) is 1.99. The van der Waals surface area contributed by atoms with Gasteiger partial charge in [-0.3, -0.25) is 5.01 Å². The summed E-state index contributed by atoms with van der Waals surface area (Å²) in [7, 11) is -1.29. The lowest BCUT2D eigenvalue weighted by Gasteiger charge is -2.36. The molecule has 2 aromatic rings. The van der Waals surface area contributed by atoms with E-state index in [1.54, 1.807) is 0 Å². The van der Waals surface area contributed by atoms with Crippen LogP contribution in [0.25, 0.3) is 0 Å². The van der Waals surface area contributed by atoms with Gasteiger partial charge in [-0.25, -0.2) is 0 Å². The highest BCUT2D eigenvalue weighted by molar-refractivity contribution is 7.40. The number of nitrogens with zero attached hydrogens (tertiary/aromatic N) is 3. The van der Waals surface area contributed by atoms with Crippen LogP contribution in [-0.2, 0) is 9.98 Å². The van der Waals surface area contributed by atoms with Crippen molar-refractivity contribution in [2.45, 2.75) is 26.2 Å². The predicted octanol–water partition coefficient (Wildman–Crippen LogP) is 1.52. The molecule has 0 aliphatic carbocycles. The maximum atomic E-state index is 8.55. The Labute approximate surface area is 168 Å². The van der Waals surface area contributed by atoms with E-state index >= 15 is 0 Å². The Kier molecular flexibility index (Phi) is 6.57. The van der Waals surface area contributed by atoms with Gasteiger partial charge < -0.3 is 19.2 Å². The molecule has 1 heterocycles. The molecule has 0 unspecified atom stereocenters. The van der Waals surface area contributed by atoms with Crippen molar-refractivity contribution in [2.75, 3.05) is 19.1 Å². The molecule has 0 saturated heterocycles. The minimum atomic E-state index is -5.39. The molecule has 0 saturated carbocycles. The monoisotopic (exact) mass is 403 g/mol. The van der Waals surface area contributed by atoms with E-state index < -0.39 is 7.82 Å². The number of hydrogen-bond donors (Lipinski definition) is 0. The van der Waals surface area contributed by atoms with Gasteiger partial charge in [0.15, 0.2) is 0 Å². The third kappa shape index (κ3) is 5.36. The van der Waals surface area contributed by atoms with Crippen molar-refractivity contribution in [3.05, 3.63) is 59.7 Å². The van der Waals surface area contributed by atoms with Crippen LogP contribution in [0, 0.1) is 6.92 Å². The normalized spacial score (nSPS) is 15.3. The van der Waals surface area contributed by atoms with Crippen molar-refractivity contribution in [1.29, 1.82) is 0 Å². The number of aryl methyl sites for hydroxylation is 1. The molecule has 7 nitrogen and oxygen atoms in total. The third-order valence-electron chi connectivity index (χ3n) is 4.70. The van der Waals surface area contributed by atoms with Crippen LogP contribution in [0.2, 0.25) is 0 Å². The molecule has 0 spiro atoms. The molecular formula is C20H26N3O4P. The lowest BCUT2D eigenvalue weighted by Crippen LogP contribution is -2.30. The third-order valence-corrected chi connectivity index (χ3v) is 4.70. The Hall–Kier alpha value is -2.31. The standard InChI is InChI=1S/C20H24N3.H3O4P/c1-15-10-12-16(13-11-15)23(5)21-14-19-20(2,3)17-8-6-7-9-18(17)22(19)4;1-5(2,3)4/h6-14H,1-5H3;(H3,1,2,3,4)/q+1;/p-1. The summed E-state index contributed by atoms with van der Waals surface area (Å²) in [5.74, 6) is 0. The van der Waals surface area contributed by atoms with E-state index in [2.05, 4.69) is 86.0 Å². The van der Waals surface area contributed by atoms with Gasteiger partial charge in [-0.05, 0) is 32.9 Å². The molecule has 1 aliphatic heterocycles. The number of hydrazone groups is 1. The highest BCUT2D eigenvalue weighted by Crippen LogP contribution is 2.38. The second-order valence-corrected chi connectivity index (χ2v) is 8.03. The molecule has 2 aromatic carbocycles. The zero-order chi connectivity index (χ0) is 21.1. The Morgan fingerprint density at radius 2 is 1.64 bits per heavy atom. The van der Waals surface area contributed by atoms with Crippen molar-refractivity contribution in [3.63, 3.8) is 0 Å². The van der Waals surface area contributed by atoms with Gasteiger partial charge in [0, 0.05) is 18.7 Å². The number of fused-ring (bicyclic) bond motifs is 1. The van der Waals surface area contributed by atoms with Crippen molar-refractivity contribution >= 4 is 31.1 Å². The second kappa shape index (κ2) is 8.37. The number of benzene rings is 2. The van der Waals surface area contributed by atoms with Gasteiger partial charge in [0.1, 0.15) is 13.3 Å². The molecule has 3 rings (SSSR count). The topological polar surface area (TPSA) is 105 Å².